The SMILES string of the molecule is c1ccc(-c2nnc(-c3ccc(-c4ccc5c(c4)C4(c6ccccc6-c6ccccc64)c4cc(-c6nc7ccccc7nc6-c6ccc7c(c6)C6(c8ccccc8-c8ccccc86)c6cc(-c8ccc(-c9nnc(-c%10ccccc%10)o9)cc8)ccc6-7)ccc4-5)cc3)o2)cc1. The minimum absolute atomic E-state index is 0.480. The van der Waals surface area contributed by atoms with E-state index in [1.165, 1.54) is 89.0 Å². The molecule has 8 nitrogen and oxygen atoms in total. The molecule has 3 heterocycles. The number of rotatable bonds is 8. The van der Waals surface area contributed by atoms with Crippen molar-refractivity contribution in [2.45, 2.75) is 10.8 Å². The Hall–Kier alpha value is -12.5. The second-order valence-electron chi connectivity index (χ2n) is 24.8. The van der Waals surface area contributed by atoms with E-state index >= 15 is 0 Å². The van der Waals surface area contributed by atoms with Gasteiger partial charge in [-0.1, -0.05) is 218 Å². The number of para-hydroxylation sites is 2. The maximum Gasteiger partial charge on any atom is 0.248 e. The molecule has 0 saturated carbocycles. The lowest BCUT2D eigenvalue weighted by Gasteiger charge is -2.31. The third-order valence-electron chi connectivity index (χ3n) is 20.1. The lowest BCUT2D eigenvalue weighted by Crippen LogP contribution is -2.26. The summed E-state index contributed by atoms with van der Waals surface area (Å²) in [5, 5.41) is 17.6. The number of hydrogen-bond donors (Lipinski definition) is 0. The minimum Gasteiger partial charge on any atom is -0.416 e. The van der Waals surface area contributed by atoms with Gasteiger partial charge in [0.2, 0.25) is 23.6 Å². The van der Waals surface area contributed by atoms with E-state index in [4.69, 9.17) is 18.8 Å². The first-order valence-corrected chi connectivity index (χ1v) is 31.8. The average molecular weight is 1200 g/mol. The molecule has 94 heavy (non-hydrogen) atoms. The van der Waals surface area contributed by atoms with Gasteiger partial charge in [0.05, 0.1) is 33.3 Å². The van der Waals surface area contributed by atoms with Gasteiger partial charge in [0.15, 0.2) is 0 Å². The van der Waals surface area contributed by atoms with Crippen LogP contribution in [0, 0.1) is 0 Å². The molecule has 4 aliphatic carbocycles. The number of nitrogens with zero attached hydrogens (tertiary/aromatic N) is 6. The van der Waals surface area contributed by atoms with Crippen LogP contribution in [0.3, 0.4) is 0 Å². The Morgan fingerprint density at radius 1 is 0.191 bits per heavy atom. The Kier molecular flexibility index (Phi) is 11.1. The molecular weight excluding hydrogens is 1150 g/mol. The fraction of sp³-hybridized carbons (Fsp3) is 0.0233. The van der Waals surface area contributed by atoms with Crippen molar-refractivity contribution in [3.8, 4) is 135 Å². The minimum atomic E-state index is -0.650. The highest BCUT2D eigenvalue weighted by Crippen LogP contribution is 2.66. The van der Waals surface area contributed by atoms with Crippen LogP contribution in [0.2, 0.25) is 0 Å². The second-order valence-corrected chi connectivity index (χ2v) is 24.8. The summed E-state index contributed by atoms with van der Waals surface area (Å²) in [6, 6.07) is 109. The molecule has 0 radical (unpaired) electrons. The third kappa shape index (κ3) is 7.44. The molecule has 436 valence electrons. The van der Waals surface area contributed by atoms with Crippen LogP contribution in [0.4, 0.5) is 0 Å². The van der Waals surface area contributed by atoms with E-state index in [0.29, 0.717) is 23.6 Å². The van der Waals surface area contributed by atoms with E-state index in [-0.39, 0.29) is 0 Å². The quantitative estimate of drug-likeness (QED) is 0.148. The third-order valence-corrected chi connectivity index (χ3v) is 20.1. The van der Waals surface area contributed by atoms with E-state index in [0.717, 1.165) is 78.1 Å². The van der Waals surface area contributed by atoms with Crippen molar-refractivity contribution < 1.29 is 8.83 Å². The Bertz CT molecular complexity index is 5360. The Labute approximate surface area is 540 Å². The molecule has 3 aromatic heterocycles. The first-order valence-electron chi connectivity index (χ1n) is 31.8. The lowest BCUT2D eigenvalue weighted by atomic mass is 9.69. The molecule has 13 aromatic carbocycles. The number of hydrogen-bond acceptors (Lipinski definition) is 8. The van der Waals surface area contributed by atoms with Crippen molar-refractivity contribution in [1.82, 2.24) is 30.4 Å². The molecule has 4 aliphatic rings. The second kappa shape index (κ2) is 20.0. The molecule has 0 unspecified atom stereocenters. The van der Waals surface area contributed by atoms with Gasteiger partial charge in [0.25, 0.3) is 0 Å². The van der Waals surface area contributed by atoms with Crippen molar-refractivity contribution >= 4 is 11.0 Å². The van der Waals surface area contributed by atoms with Gasteiger partial charge in [-0.15, -0.1) is 20.4 Å². The van der Waals surface area contributed by atoms with E-state index in [2.05, 4.69) is 263 Å². The lowest BCUT2D eigenvalue weighted by molar-refractivity contribution is 0.584. The molecule has 16 aromatic rings. The number of fused-ring (bicyclic) bond motifs is 21. The fourth-order valence-corrected chi connectivity index (χ4v) is 16.0. The predicted octanol–water partition coefficient (Wildman–Crippen LogP) is 20.4. The van der Waals surface area contributed by atoms with Crippen molar-refractivity contribution in [3.63, 3.8) is 0 Å². The maximum atomic E-state index is 6.20. The largest absolute Gasteiger partial charge is 0.416 e. The molecule has 0 atom stereocenters. The highest BCUT2D eigenvalue weighted by atomic mass is 16.4. The monoisotopic (exact) mass is 1200 g/mol. The summed E-state index contributed by atoms with van der Waals surface area (Å²) >= 11 is 0. The normalized spacial score (nSPS) is 13.5. The van der Waals surface area contributed by atoms with Crippen LogP contribution in [-0.4, -0.2) is 30.4 Å². The molecular formula is C86H50N6O2. The van der Waals surface area contributed by atoms with Crippen LogP contribution in [0.15, 0.2) is 312 Å². The first-order chi connectivity index (χ1) is 46.6. The highest BCUT2D eigenvalue weighted by Gasteiger charge is 2.54. The smallest absolute Gasteiger partial charge is 0.248 e. The van der Waals surface area contributed by atoms with Crippen LogP contribution in [0.1, 0.15) is 44.5 Å². The van der Waals surface area contributed by atoms with Crippen LogP contribution >= 0.6 is 0 Å². The summed E-state index contributed by atoms with van der Waals surface area (Å²) in [6.07, 6.45) is 0. The number of aromatic nitrogens is 6. The van der Waals surface area contributed by atoms with Gasteiger partial charge >= 0.3 is 0 Å². The Morgan fingerprint density at radius 2 is 0.436 bits per heavy atom. The highest BCUT2D eigenvalue weighted by molar-refractivity contribution is 6.00. The van der Waals surface area contributed by atoms with Crippen molar-refractivity contribution in [3.05, 3.63) is 348 Å². The van der Waals surface area contributed by atoms with Gasteiger partial charge in [-0.05, 0) is 196 Å². The summed E-state index contributed by atoms with van der Waals surface area (Å²) in [5.41, 5.74) is 31.7. The van der Waals surface area contributed by atoms with E-state index in [9.17, 15) is 0 Å². The van der Waals surface area contributed by atoms with Crippen LogP contribution in [-0.2, 0) is 10.8 Å². The molecule has 0 bridgehead atoms. The van der Waals surface area contributed by atoms with Gasteiger partial charge in [-0.25, -0.2) is 9.97 Å². The fourth-order valence-electron chi connectivity index (χ4n) is 16.0. The van der Waals surface area contributed by atoms with Gasteiger partial charge in [0, 0.05) is 33.4 Å². The summed E-state index contributed by atoms with van der Waals surface area (Å²) in [5.74, 6) is 1.95. The molecule has 0 amide bonds. The van der Waals surface area contributed by atoms with E-state index in [1.54, 1.807) is 0 Å². The zero-order valence-electron chi connectivity index (χ0n) is 50.4. The van der Waals surface area contributed by atoms with Crippen LogP contribution in [0.25, 0.3) is 146 Å². The first kappa shape index (κ1) is 52.3. The Morgan fingerprint density at radius 3 is 0.777 bits per heavy atom. The van der Waals surface area contributed by atoms with Crippen molar-refractivity contribution in [1.29, 1.82) is 0 Å². The molecule has 0 N–H and O–H groups in total. The van der Waals surface area contributed by atoms with Crippen LogP contribution in [0.5, 0.6) is 0 Å². The summed E-state index contributed by atoms with van der Waals surface area (Å²) in [6.45, 7) is 0. The summed E-state index contributed by atoms with van der Waals surface area (Å²) in [7, 11) is 0. The van der Waals surface area contributed by atoms with E-state index < -0.39 is 10.8 Å². The molecule has 0 aliphatic heterocycles. The topological polar surface area (TPSA) is 104 Å². The maximum absolute atomic E-state index is 6.20. The Balaban J connectivity index is 0.733. The van der Waals surface area contributed by atoms with Gasteiger partial charge in [0.1, 0.15) is 0 Å². The molecule has 0 saturated heterocycles. The van der Waals surface area contributed by atoms with Gasteiger partial charge < -0.3 is 8.83 Å². The summed E-state index contributed by atoms with van der Waals surface area (Å²) < 4.78 is 12.4. The van der Waals surface area contributed by atoms with Crippen LogP contribution < -0.4 is 0 Å². The van der Waals surface area contributed by atoms with E-state index in [1.807, 2.05) is 60.7 Å². The molecule has 8 heteroatoms. The van der Waals surface area contributed by atoms with Crippen molar-refractivity contribution in [2.75, 3.05) is 0 Å². The zero-order chi connectivity index (χ0) is 61.6. The van der Waals surface area contributed by atoms with Gasteiger partial charge in [-0.3, -0.25) is 0 Å². The zero-order valence-corrected chi connectivity index (χ0v) is 50.4. The molecule has 0 fully saturated rings. The number of benzene rings is 13. The molecule has 2 spiro atoms. The van der Waals surface area contributed by atoms with Gasteiger partial charge in [-0.2, -0.15) is 0 Å². The average Bonchev–Trinajstić information content (AvgIpc) is 1.52. The standard InChI is InChI=1S/C86H50N6O2/c1-3-17-53(18-4-1)81-89-91-83(93-81)55-35-31-51(32-36-55)57-39-43-65-67-45-41-59(49-75(67)85(73(65)47-57)69-25-11-7-21-61(69)62-22-8-12-26-70(62)85)79-80(88-78-30-16-15-29-77(78)87-79)60-42-46-68-66-44-40-58(52-33-37-56(38-34-52)84-92-90-82(94-84)54-19-5-2-6-20-54)48-74(66)86(76(68)50-60)71-27-13-9-23-63(71)64-24-10-14-28-72(64)86/h1-50H. The molecule has 20 rings (SSSR count). The van der Waals surface area contributed by atoms with Crippen molar-refractivity contribution in [2.24, 2.45) is 0 Å². The predicted molar refractivity (Wildman–Crippen MR) is 371 cm³/mol. The summed E-state index contributed by atoms with van der Waals surface area (Å²) in [4.78, 5) is 11.4.